The summed E-state index contributed by atoms with van der Waals surface area (Å²) in [6, 6.07) is 0.298. The minimum Gasteiger partial charge on any atom is -0.302 e. The van der Waals surface area contributed by atoms with Crippen molar-refractivity contribution >= 4 is 22.7 Å². The van der Waals surface area contributed by atoms with E-state index in [0.29, 0.717) is 6.04 Å². The van der Waals surface area contributed by atoms with Crippen molar-refractivity contribution in [2.75, 3.05) is 0 Å². The third-order valence-corrected chi connectivity index (χ3v) is 4.31. The number of thiazole rings is 2. The molecule has 0 radical (unpaired) electrons. The molecular weight excluding hydrogens is 238 g/mol. The summed E-state index contributed by atoms with van der Waals surface area (Å²) in [5.74, 6) is 0. The number of aryl methyl sites for hydroxylation is 1. The van der Waals surface area contributed by atoms with Gasteiger partial charge in [-0.3, -0.25) is 0 Å². The van der Waals surface area contributed by atoms with Crippen molar-refractivity contribution in [3.05, 3.63) is 32.7 Å². The fraction of sp³-hybridized carbons (Fsp3) is 0.455. The summed E-state index contributed by atoms with van der Waals surface area (Å²) in [7, 11) is 0. The van der Waals surface area contributed by atoms with Crippen LogP contribution in [-0.4, -0.2) is 9.97 Å². The molecule has 16 heavy (non-hydrogen) atoms. The van der Waals surface area contributed by atoms with Gasteiger partial charge in [0.2, 0.25) is 0 Å². The summed E-state index contributed by atoms with van der Waals surface area (Å²) in [5, 5.41) is 9.90. The molecule has 2 rings (SSSR count). The van der Waals surface area contributed by atoms with Crippen molar-refractivity contribution in [3.8, 4) is 0 Å². The van der Waals surface area contributed by atoms with E-state index in [-0.39, 0.29) is 0 Å². The van der Waals surface area contributed by atoms with Crippen LogP contribution in [0.3, 0.4) is 0 Å². The smallest absolute Gasteiger partial charge is 0.109 e. The van der Waals surface area contributed by atoms with Crippen molar-refractivity contribution in [1.82, 2.24) is 15.3 Å². The van der Waals surface area contributed by atoms with E-state index in [2.05, 4.69) is 34.5 Å². The van der Waals surface area contributed by atoms with Gasteiger partial charge in [0.25, 0.3) is 0 Å². The van der Waals surface area contributed by atoms with E-state index in [4.69, 9.17) is 0 Å². The van der Waals surface area contributed by atoms with Gasteiger partial charge in [-0.05, 0) is 13.3 Å². The molecule has 0 aliphatic heterocycles. The largest absolute Gasteiger partial charge is 0.302 e. The number of rotatable bonds is 5. The molecule has 0 aromatic carbocycles. The first-order valence-corrected chi connectivity index (χ1v) is 7.11. The van der Waals surface area contributed by atoms with Gasteiger partial charge in [-0.1, -0.05) is 6.92 Å². The number of hydrogen-bond donors (Lipinski definition) is 1. The molecule has 0 saturated carbocycles. The third-order valence-electron chi connectivity index (χ3n) is 2.31. The Hall–Kier alpha value is -0.780. The van der Waals surface area contributed by atoms with Gasteiger partial charge in [0.1, 0.15) is 5.01 Å². The number of aromatic nitrogens is 2. The summed E-state index contributed by atoms with van der Waals surface area (Å²) in [6.45, 7) is 5.08. The fourth-order valence-corrected chi connectivity index (χ4v) is 2.80. The zero-order valence-electron chi connectivity index (χ0n) is 9.43. The molecule has 1 atom stereocenters. The van der Waals surface area contributed by atoms with E-state index in [1.807, 2.05) is 11.6 Å². The van der Waals surface area contributed by atoms with E-state index in [9.17, 15) is 0 Å². The third kappa shape index (κ3) is 2.87. The highest BCUT2D eigenvalue weighted by Gasteiger charge is 2.08. The molecule has 0 saturated heterocycles. The van der Waals surface area contributed by atoms with Crippen molar-refractivity contribution in [1.29, 1.82) is 0 Å². The minimum absolute atomic E-state index is 0.298. The molecule has 86 valence electrons. The van der Waals surface area contributed by atoms with Gasteiger partial charge in [0, 0.05) is 23.5 Å². The average Bonchev–Trinajstić information content (AvgIpc) is 2.96. The lowest BCUT2D eigenvalue weighted by molar-refractivity contribution is 0.566. The Balaban J connectivity index is 1.87. The molecule has 0 amide bonds. The van der Waals surface area contributed by atoms with E-state index >= 15 is 0 Å². The molecule has 3 nitrogen and oxygen atoms in total. The second-order valence-electron chi connectivity index (χ2n) is 3.56. The van der Waals surface area contributed by atoms with E-state index < -0.39 is 0 Å². The summed E-state index contributed by atoms with van der Waals surface area (Å²) in [5.41, 5.74) is 1.13. The highest BCUT2D eigenvalue weighted by molar-refractivity contribution is 7.09. The lowest BCUT2D eigenvalue weighted by atomic mass is 10.3. The van der Waals surface area contributed by atoms with Crippen LogP contribution in [0.4, 0.5) is 0 Å². The van der Waals surface area contributed by atoms with Gasteiger partial charge in [-0.25, -0.2) is 9.97 Å². The molecule has 1 unspecified atom stereocenters. The van der Waals surface area contributed by atoms with Gasteiger partial charge >= 0.3 is 0 Å². The van der Waals surface area contributed by atoms with Crippen LogP contribution in [0, 0.1) is 0 Å². The first kappa shape index (κ1) is 11.7. The number of hydrogen-bond acceptors (Lipinski definition) is 5. The molecule has 0 fully saturated rings. The lowest BCUT2D eigenvalue weighted by Gasteiger charge is -2.09. The molecular formula is C11H15N3S2. The average molecular weight is 253 g/mol. The molecule has 0 bridgehead atoms. The quantitative estimate of drug-likeness (QED) is 0.890. The minimum atomic E-state index is 0.298. The Bertz CT molecular complexity index is 422. The molecule has 2 aromatic heterocycles. The van der Waals surface area contributed by atoms with Crippen LogP contribution in [0.25, 0.3) is 0 Å². The fourth-order valence-electron chi connectivity index (χ4n) is 1.39. The predicted molar refractivity (Wildman–Crippen MR) is 68.9 cm³/mol. The van der Waals surface area contributed by atoms with Crippen molar-refractivity contribution in [2.45, 2.75) is 32.9 Å². The zero-order chi connectivity index (χ0) is 11.4. The van der Waals surface area contributed by atoms with E-state index in [0.717, 1.165) is 23.7 Å². The molecule has 2 aromatic rings. The molecule has 5 heteroatoms. The molecule has 0 spiro atoms. The van der Waals surface area contributed by atoms with Gasteiger partial charge in [-0.15, -0.1) is 22.7 Å². The summed E-state index contributed by atoms with van der Waals surface area (Å²) < 4.78 is 0. The Labute approximate surface area is 104 Å². The van der Waals surface area contributed by atoms with Gasteiger partial charge < -0.3 is 5.32 Å². The normalized spacial score (nSPS) is 12.9. The maximum absolute atomic E-state index is 4.52. The van der Waals surface area contributed by atoms with Crippen LogP contribution >= 0.6 is 22.7 Å². The number of nitrogens with zero attached hydrogens (tertiary/aromatic N) is 2. The maximum atomic E-state index is 4.52. The second-order valence-corrected chi connectivity index (χ2v) is 5.43. The summed E-state index contributed by atoms with van der Waals surface area (Å²) >= 11 is 3.42. The van der Waals surface area contributed by atoms with E-state index in [1.165, 1.54) is 5.01 Å². The number of nitrogens with one attached hydrogen (secondary N) is 1. The summed E-state index contributed by atoms with van der Waals surface area (Å²) in [4.78, 5) is 8.81. The first-order chi connectivity index (χ1) is 7.79. The monoisotopic (exact) mass is 253 g/mol. The Kier molecular flexibility index (Phi) is 4.04. The van der Waals surface area contributed by atoms with Gasteiger partial charge in [0.15, 0.2) is 0 Å². The SMILES string of the molecule is CCc1nc(CNC(C)c2nccs2)cs1. The molecule has 2 heterocycles. The first-order valence-electron chi connectivity index (χ1n) is 5.35. The van der Waals surface area contributed by atoms with Gasteiger partial charge in [-0.2, -0.15) is 0 Å². The molecule has 0 aliphatic carbocycles. The lowest BCUT2D eigenvalue weighted by Crippen LogP contribution is -2.18. The van der Waals surface area contributed by atoms with Crippen LogP contribution in [0.15, 0.2) is 17.0 Å². The standard InChI is InChI=1S/C11H15N3S2/c1-3-10-14-9(7-16-10)6-13-8(2)11-12-4-5-15-11/h4-5,7-8,13H,3,6H2,1-2H3. The Morgan fingerprint density at radius 1 is 1.44 bits per heavy atom. The van der Waals surface area contributed by atoms with Crippen LogP contribution in [0.5, 0.6) is 0 Å². The van der Waals surface area contributed by atoms with Crippen LogP contribution < -0.4 is 5.32 Å². The molecule has 1 N–H and O–H groups in total. The van der Waals surface area contributed by atoms with Crippen molar-refractivity contribution < 1.29 is 0 Å². The Morgan fingerprint density at radius 2 is 2.31 bits per heavy atom. The van der Waals surface area contributed by atoms with E-state index in [1.54, 1.807) is 22.7 Å². The topological polar surface area (TPSA) is 37.8 Å². The van der Waals surface area contributed by atoms with Crippen LogP contribution in [0.1, 0.15) is 35.6 Å². The highest BCUT2D eigenvalue weighted by atomic mass is 32.1. The van der Waals surface area contributed by atoms with Crippen molar-refractivity contribution in [2.24, 2.45) is 0 Å². The van der Waals surface area contributed by atoms with Crippen LogP contribution in [-0.2, 0) is 13.0 Å². The molecule has 0 aliphatic rings. The highest BCUT2D eigenvalue weighted by Crippen LogP contribution is 2.16. The van der Waals surface area contributed by atoms with Crippen molar-refractivity contribution in [3.63, 3.8) is 0 Å². The zero-order valence-corrected chi connectivity index (χ0v) is 11.1. The van der Waals surface area contributed by atoms with Gasteiger partial charge in [0.05, 0.1) is 16.7 Å². The predicted octanol–water partition coefficient (Wildman–Crippen LogP) is 3.01. The maximum Gasteiger partial charge on any atom is 0.109 e. The second kappa shape index (κ2) is 5.52. The van der Waals surface area contributed by atoms with Crippen LogP contribution in [0.2, 0.25) is 0 Å². The summed E-state index contributed by atoms with van der Waals surface area (Å²) in [6.07, 6.45) is 2.86. The Morgan fingerprint density at radius 3 is 2.94 bits per heavy atom.